The second-order valence-corrected chi connectivity index (χ2v) is 5.28. The molecular formula is C17H15ClN2. The third-order valence-electron chi connectivity index (χ3n) is 3.35. The zero-order valence-corrected chi connectivity index (χ0v) is 12.0. The molecule has 0 radical (unpaired) electrons. The van der Waals surface area contributed by atoms with Gasteiger partial charge in [0, 0.05) is 28.8 Å². The zero-order valence-electron chi connectivity index (χ0n) is 11.2. The summed E-state index contributed by atoms with van der Waals surface area (Å²) in [6.45, 7) is 2.84. The highest BCUT2D eigenvalue weighted by molar-refractivity contribution is 6.30. The van der Waals surface area contributed by atoms with Gasteiger partial charge in [-0.2, -0.15) is 0 Å². The summed E-state index contributed by atoms with van der Waals surface area (Å²) in [5.74, 6) is 0. The van der Waals surface area contributed by atoms with Gasteiger partial charge in [-0.3, -0.25) is 4.98 Å². The Labute approximate surface area is 123 Å². The number of halogens is 1. The van der Waals surface area contributed by atoms with Crippen molar-refractivity contribution < 1.29 is 0 Å². The van der Waals surface area contributed by atoms with E-state index >= 15 is 0 Å². The second kappa shape index (κ2) is 5.51. The molecule has 3 rings (SSSR count). The number of aryl methyl sites for hydroxylation is 1. The number of nitrogens with one attached hydrogen (secondary N) is 1. The largest absolute Gasteiger partial charge is 0.381 e. The van der Waals surface area contributed by atoms with Crippen LogP contribution in [0.2, 0.25) is 5.02 Å². The normalized spacial score (nSPS) is 10.7. The number of nitrogens with zero attached hydrogens (tertiary/aromatic N) is 1. The predicted octanol–water partition coefficient (Wildman–Crippen LogP) is 4.81. The first-order valence-electron chi connectivity index (χ1n) is 6.56. The molecule has 0 aliphatic rings. The lowest BCUT2D eigenvalue weighted by Gasteiger charge is -2.10. The molecule has 0 aliphatic carbocycles. The van der Waals surface area contributed by atoms with Crippen molar-refractivity contribution in [1.82, 2.24) is 4.98 Å². The monoisotopic (exact) mass is 282 g/mol. The van der Waals surface area contributed by atoms with Crippen molar-refractivity contribution in [2.75, 3.05) is 5.32 Å². The number of hydrogen-bond donors (Lipinski definition) is 1. The molecule has 0 aliphatic heterocycles. The number of fused-ring (bicyclic) bond motifs is 1. The lowest BCUT2D eigenvalue weighted by Crippen LogP contribution is -2.01. The molecule has 1 N–H and O–H groups in total. The van der Waals surface area contributed by atoms with Gasteiger partial charge in [0.2, 0.25) is 0 Å². The van der Waals surface area contributed by atoms with E-state index in [-0.39, 0.29) is 0 Å². The average Bonchev–Trinajstić information content (AvgIpc) is 2.48. The van der Waals surface area contributed by atoms with E-state index < -0.39 is 0 Å². The van der Waals surface area contributed by atoms with Crippen molar-refractivity contribution in [2.24, 2.45) is 0 Å². The molecule has 0 fully saturated rings. The number of aromatic nitrogens is 1. The Bertz CT molecular complexity index is 753. The standard InChI is InChI=1S/C17H15ClN2/c1-12-4-6-15(18)10-17(12)20-11-13-5-7-16-14(9-13)3-2-8-19-16/h2-10,20H,11H2,1H3. The fraction of sp³-hybridized carbons (Fsp3) is 0.118. The van der Waals surface area contributed by atoms with E-state index in [9.17, 15) is 0 Å². The van der Waals surface area contributed by atoms with Crippen molar-refractivity contribution in [3.8, 4) is 0 Å². The van der Waals surface area contributed by atoms with E-state index in [0.29, 0.717) is 0 Å². The average molecular weight is 283 g/mol. The van der Waals surface area contributed by atoms with Crippen LogP contribution in [0.5, 0.6) is 0 Å². The predicted molar refractivity (Wildman–Crippen MR) is 85.3 cm³/mol. The van der Waals surface area contributed by atoms with Gasteiger partial charge in [-0.15, -0.1) is 0 Å². The van der Waals surface area contributed by atoms with Gasteiger partial charge in [-0.25, -0.2) is 0 Å². The quantitative estimate of drug-likeness (QED) is 0.746. The summed E-state index contributed by atoms with van der Waals surface area (Å²) in [4.78, 5) is 4.33. The van der Waals surface area contributed by atoms with Crippen LogP contribution in [0.1, 0.15) is 11.1 Å². The summed E-state index contributed by atoms with van der Waals surface area (Å²) in [5.41, 5.74) is 4.51. The minimum Gasteiger partial charge on any atom is -0.381 e. The molecule has 2 aromatic carbocycles. The van der Waals surface area contributed by atoms with Crippen molar-refractivity contribution in [3.05, 3.63) is 70.9 Å². The number of anilines is 1. The van der Waals surface area contributed by atoms with Gasteiger partial charge in [-0.05, 0) is 48.4 Å². The molecule has 0 spiro atoms. The van der Waals surface area contributed by atoms with Gasteiger partial charge in [0.05, 0.1) is 5.52 Å². The fourth-order valence-corrected chi connectivity index (χ4v) is 2.39. The Kier molecular flexibility index (Phi) is 3.57. The molecule has 1 heterocycles. The Morgan fingerprint density at radius 3 is 2.90 bits per heavy atom. The lowest BCUT2D eigenvalue weighted by atomic mass is 10.1. The van der Waals surface area contributed by atoms with Gasteiger partial charge in [-0.1, -0.05) is 29.8 Å². The number of hydrogen-bond acceptors (Lipinski definition) is 2. The minimum atomic E-state index is 0.751. The van der Waals surface area contributed by atoms with Crippen LogP contribution in [-0.2, 0) is 6.54 Å². The summed E-state index contributed by atoms with van der Waals surface area (Å²) in [7, 11) is 0. The van der Waals surface area contributed by atoms with Crippen LogP contribution in [0.4, 0.5) is 5.69 Å². The van der Waals surface area contributed by atoms with Crippen LogP contribution in [0.3, 0.4) is 0 Å². The summed E-state index contributed by atoms with van der Waals surface area (Å²) < 4.78 is 0. The van der Waals surface area contributed by atoms with E-state index in [2.05, 4.69) is 41.5 Å². The Balaban J connectivity index is 1.81. The van der Waals surface area contributed by atoms with Gasteiger partial charge in [0.25, 0.3) is 0 Å². The first kappa shape index (κ1) is 12.9. The SMILES string of the molecule is Cc1ccc(Cl)cc1NCc1ccc2ncccc2c1. The Morgan fingerprint density at radius 2 is 2.00 bits per heavy atom. The van der Waals surface area contributed by atoms with E-state index in [0.717, 1.165) is 28.2 Å². The molecule has 0 atom stereocenters. The van der Waals surface area contributed by atoms with Gasteiger partial charge in [0.15, 0.2) is 0 Å². The highest BCUT2D eigenvalue weighted by Crippen LogP contribution is 2.21. The van der Waals surface area contributed by atoms with E-state index in [1.807, 2.05) is 30.5 Å². The van der Waals surface area contributed by atoms with Gasteiger partial charge >= 0.3 is 0 Å². The first-order chi connectivity index (χ1) is 9.72. The summed E-state index contributed by atoms with van der Waals surface area (Å²) >= 11 is 6.03. The molecule has 0 saturated heterocycles. The molecule has 0 bridgehead atoms. The third-order valence-corrected chi connectivity index (χ3v) is 3.59. The molecule has 0 unspecified atom stereocenters. The van der Waals surface area contributed by atoms with Gasteiger partial charge < -0.3 is 5.32 Å². The lowest BCUT2D eigenvalue weighted by molar-refractivity contribution is 1.14. The van der Waals surface area contributed by atoms with Crippen LogP contribution in [0.15, 0.2) is 54.7 Å². The maximum Gasteiger partial charge on any atom is 0.0702 e. The highest BCUT2D eigenvalue weighted by atomic mass is 35.5. The van der Waals surface area contributed by atoms with Gasteiger partial charge in [0.1, 0.15) is 0 Å². The molecule has 1 aromatic heterocycles. The van der Waals surface area contributed by atoms with Crippen molar-refractivity contribution >= 4 is 28.2 Å². The van der Waals surface area contributed by atoms with Crippen LogP contribution < -0.4 is 5.32 Å². The number of benzene rings is 2. The van der Waals surface area contributed by atoms with E-state index in [4.69, 9.17) is 11.6 Å². The molecular weight excluding hydrogens is 268 g/mol. The Morgan fingerprint density at radius 1 is 1.10 bits per heavy atom. The molecule has 3 aromatic rings. The molecule has 2 nitrogen and oxygen atoms in total. The molecule has 0 saturated carbocycles. The summed E-state index contributed by atoms with van der Waals surface area (Å²) in [6, 6.07) is 16.2. The highest BCUT2D eigenvalue weighted by Gasteiger charge is 2.01. The second-order valence-electron chi connectivity index (χ2n) is 4.84. The molecule has 0 amide bonds. The smallest absolute Gasteiger partial charge is 0.0702 e. The van der Waals surface area contributed by atoms with Crippen LogP contribution in [0.25, 0.3) is 10.9 Å². The molecule has 3 heteroatoms. The minimum absolute atomic E-state index is 0.751. The van der Waals surface area contributed by atoms with Crippen molar-refractivity contribution in [2.45, 2.75) is 13.5 Å². The number of pyridine rings is 1. The van der Waals surface area contributed by atoms with Crippen LogP contribution >= 0.6 is 11.6 Å². The van der Waals surface area contributed by atoms with Crippen molar-refractivity contribution in [1.29, 1.82) is 0 Å². The zero-order chi connectivity index (χ0) is 13.9. The van der Waals surface area contributed by atoms with E-state index in [1.54, 1.807) is 0 Å². The topological polar surface area (TPSA) is 24.9 Å². The maximum absolute atomic E-state index is 6.03. The van der Waals surface area contributed by atoms with Crippen LogP contribution in [0, 0.1) is 6.92 Å². The maximum atomic E-state index is 6.03. The number of rotatable bonds is 3. The van der Waals surface area contributed by atoms with E-state index in [1.165, 1.54) is 11.1 Å². The van der Waals surface area contributed by atoms with Crippen molar-refractivity contribution in [3.63, 3.8) is 0 Å². The van der Waals surface area contributed by atoms with Crippen LogP contribution in [-0.4, -0.2) is 4.98 Å². The summed E-state index contributed by atoms with van der Waals surface area (Å²) in [5, 5.41) is 5.34. The fourth-order valence-electron chi connectivity index (χ4n) is 2.22. The first-order valence-corrected chi connectivity index (χ1v) is 6.94. The summed E-state index contributed by atoms with van der Waals surface area (Å²) in [6.07, 6.45) is 1.82. The third kappa shape index (κ3) is 2.75. The molecule has 100 valence electrons. The molecule has 20 heavy (non-hydrogen) atoms. The Hall–Kier alpha value is -2.06.